The Morgan fingerprint density at radius 3 is 2.81 bits per heavy atom. The maximum Gasteiger partial charge on any atom is 0.150 e. The maximum atomic E-state index is 12.0. The van der Waals surface area contributed by atoms with Gasteiger partial charge in [0.15, 0.2) is 0 Å². The number of ketones is 1. The number of carbonyl (C=O) groups is 1. The molecule has 1 heterocycles. The van der Waals surface area contributed by atoms with E-state index in [1.54, 1.807) is 0 Å². The number of carbonyl (C=O) groups excluding carboxylic acids is 1. The van der Waals surface area contributed by atoms with Crippen LogP contribution in [0.5, 0.6) is 0 Å². The van der Waals surface area contributed by atoms with Crippen molar-refractivity contribution >= 4 is 5.78 Å². The molecular weight excluding hydrogens is 198 g/mol. The highest BCUT2D eigenvalue weighted by Gasteiger charge is 2.38. The second-order valence-electron chi connectivity index (χ2n) is 5.92. The Morgan fingerprint density at radius 2 is 2.06 bits per heavy atom. The average molecular weight is 223 g/mol. The maximum absolute atomic E-state index is 12.0. The summed E-state index contributed by atoms with van der Waals surface area (Å²) in [5.74, 6) is 1.96. The second-order valence-corrected chi connectivity index (χ2v) is 5.92. The number of hydrogen-bond donors (Lipinski definition) is 0. The number of fused-ring (bicyclic) bond motifs is 1. The zero-order valence-electron chi connectivity index (χ0n) is 10.7. The van der Waals surface area contributed by atoms with E-state index < -0.39 is 0 Å². The van der Waals surface area contributed by atoms with E-state index >= 15 is 0 Å². The van der Waals surface area contributed by atoms with Gasteiger partial charge in [-0.1, -0.05) is 13.8 Å². The molecule has 0 spiro atoms. The fourth-order valence-electron chi connectivity index (χ4n) is 3.28. The number of nitrogens with zero attached hydrogens (tertiary/aromatic N) is 1. The van der Waals surface area contributed by atoms with Crippen LogP contribution in [0.15, 0.2) is 0 Å². The number of piperidine rings is 1. The van der Waals surface area contributed by atoms with Crippen LogP contribution >= 0.6 is 0 Å². The van der Waals surface area contributed by atoms with Crippen LogP contribution in [0.2, 0.25) is 0 Å². The third-order valence-electron chi connectivity index (χ3n) is 4.18. The molecule has 2 heteroatoms. The first kappa shape index (κ1) is 12.1. The molecule has 2 atom stereocenters. The van der Waals surface area contributed by atoms with Gasteiger partial charge in [0.25, 0.3) is 0 Å². The molecule has 1 saturated heterocycles. The van der Waals surface area contributed by atoms with Crippen molar-refractivity contribution in [3.63, 3.8) is 0 Å². The van der Waals surface area contributed by atoms with E-state index in [0.29, 0.717) is 17.7 Å². The Labute approximate surface area is 99.4 Å². The Bertz CT molecular complexity index is 247. The lowest BCUT2D eigenvalue weighted by Gasteiger charge is -2.43. The standard InChI is InChI=1S/C14H25NO/c1-11(2)8-10-15-9-4-6-12-5-3-7-13(16)14(12)15/h11-12,14H,3-10H2,1-2H3. The van der Waals surface area contributed by atoms with Crippen molar-refractivity contribution in [3.8, 4) is 0 Å². The Morgan fingerprint density at radius 1 is 1.31 bits per heavy atom. The van der Waals surface area contributed by atoms with Crippen molar-refractivity contribution in [1.82, 2.24) is 4.90 Å². The first-order valence-corrected chi connectivity index (χ1v) is 6.95. The summed E-state index contributed by atoms with van der Waals surface area (Å²) in [6.45, 7) is 6.82. The van der Waals surface area contributed by atoms with Crippen LogP contribution in [0.1, 0.15) is 52.4 Å². The molecule has 2 rings (SSSR count). The smallest absolute Gasteiger partial charge is 0.150 e. The zero-order chi connectivity index (χ0) is 11.5. The summed E-state index contributed by atoms with van der Waals surface area (Å²) in [6, 6.07) is 0.293. The molecule has 1 aliphatic carbocycles. The minimum atomic E-state index is 0.293. The van der Waals surface area contributed by atoms with Gasteiger partial charge in [0, 0.05) is 6.42 Å². The van der Waals surface area contributed by atoms with Crippen LogP contribution < -0.4 is 0 Å². The summed E-state index contributed by atoms with van der Waals surface area (Å²) < 4.78 is 0. The molecule has 1 aliphatic heterocycles. The second kappa shape index (κ2) is 5.31. The van der Waals surface area contributed by atoms with E-state index in [4.69, 9.17) is 0 Å². The molecule has 0 aromatic rings. The first-order valence-electron chi connectivity index (χ1n) is 6.95. The molecule has 0 N–H and O–H groups in total. The van der Waals surface area contributed by atoms with Gasteiger partial charge in [-0.05, 0) is 57.0 Å². The van der Waals surface area contributed by atoms with Crippen LogP contribution in [0, 0.1) is 11.8 Å². The lowest BCUT2D eigenvalue weighted by atomic mass is 9.77. The van der Waals surface area contributed by atoms with Crippen LogP contribution in [-0.2, 0) is 4.79 Å². The fourth-order valence-corrected chi connectivity index (χ4v) is 3.28. The van der Waals surface area contributed by atoms with Crippen LogP contribution in [-0.4, -0.2) is 29.8 Å². The van der Waals surface area contributed by atoms with Gasteiger partial charge in [-0.25, -0.2) is 0 Å². The predicted octanol–water partition coefficient (Wildman–Crippen LogP) is 2.87. The van der Waals surface area contributed by atoms with E-state index in [-0.39, 0.29) is 0 Å². The third-order valence-corrected chi connectivity index (χ3v) is 4.18. The fraction of sp³-hybridized carbons (Fsp3) is 0.929. The molecule has 0 radical (unpaired) electrons. The van der Waals surface area contributed by atoms with Crippen molar-refractivity contribution in [2.75, 3.05) is 13.1 Å². The molecule has 92 valence electrons. The summed E-state index contributed by atoms with van der Waals surface area (Å²) in [6.07, 6.45) is 7.07. The number of hydrogen-bond acceptors (Lipinski definition) is 2. The van der Waals surface area contributed by atoms with Crippen molar-refractivity contribution < 1.29 is 4.79 Å². The SMILES string of the molecule is CC(C)CCN1CCCC2CCCC(=O)C21. The van der Waals surface area contributed by atoms with Gasteiger partial charge in [-0.3, -0.25) is 9.69 Å². The largest absolute Gasteiger partial charge is 0.298 e. The Balaban J connectivity index is 1.97. The highest BCUT2D eigenvalue weighted by Crippen LogP contribution is 2.33. The minimum Gasteiger partial charge on any atom is -0.298 e. The molecule has 2 unspecified atom stereocenters. The lowest BCUT2D eigenvalue weighted by molar-refractivity contribution is -0.130. The minimum absolute atomic E-state index is 0.293. The van der Waals surface area contributed by atoms with Gasteiger partial charge in [0.1, 0.15) is 5.78 Å². The highest BCUT2D eigenvalue weighted by atomic mass is 16.1. The normalized spacial score (nSPS) is 31.8. The topological polar surface area (TPSA) is 20.3 Å². The van der Waals surface area contributed by atoms with Gasteiger partial charge in [-0.2, -0.15) is 0 Å². The van der Waals surface area contributed by atoms with Gasteiger partial charge in [-0.15, -0.1) is 0 Å². The van der Waals surface area contributed by atoms with Crippen molar-refractivity contribution in [2.45, 2.75) is 58.4 Å². The molecule has 2 aliphatic rings. The van der Waals surface area contributed by atoms with Crippen molar-refractivity contribution in [2.24, 2.45) is 11.8 Å². The van der Waals surface area contributed by atoms with Crippen LogP contribution in [0.3, 0.4) is 0 Å². The van der Waals surface area contributed by atoms with Gasteiger partial charge >= 0.3 is 0 Å². The van der Waals surface area contributed by atoms with E-state index in [2.05, 4.69) is 18.7 Å². The van der Waals surface area contributed by atoms with Gasteiger partial charge < -0.3 is 0 Å². The molecule has 0 amide bonds. The van der Waals surface area contributed by atoms with Crippen molar-refractivity contribution in [1.29, 1.82) is 0 Å². The van der Waals surface area contributed by atoms with Crippen LogP contribution in [0.4, 0.5) is 0 Å². The molecule has 0 bridgehead atoms. The highest BCUT2D eigenvalue weighted by molar-refractivity contribution is 5.85. The summed E-state index contributed by atoms with van der Waals surface area (Å²) >= 11 is 0. The molecule has 1 saturated carbocycles. The molecular formula is C14H25NO. The summed E-state index contributed by atoms with van der Waals surface area (Å²) in [4.78, 5) is 14.5. The number of rotatable bonds is 3. The molecule has 0 aromatic heterocycles. The third kappa shape index (κ3) is 2.65. The van der Waals surface area contributed by atoms with Crippen molar-refractivity contribution in [3.05, 3.63) is 0 Å². The van der Waals surface area contributed by atoms with Gasteiger partial charge in [0.05, 0.1) is 6.04 Å². The molecule has 16 heavy (non-hydrogen) atoms. The van der Waals surface area contributed by atoms with Crippen LogP contribution in [0.25, 0.3) is 0 Å². The van der Waals surface area contributed by atoms with E-state index in [1.807, 2.05) is 0 Å². The quantitative estimate of drug-likeness (QED) is 0.733. The Kier molecular flexibility index (Phi) is 4.01. The van der Waals surface area contributed by atoms with Gasteiger partial charge in [0.2, 0.25) is 0 Å². The summed E-state index contributed by atoms with van der Waals surface area (Å²) in [7, 11) is 0. The number of Topliss-reactive ketones (excluding diaryl/α,β-unsaturated/α-hetero) is 1. The van der Waals surface area contributed by atoms with E-state index in [0.717, 1.165) is 31.8 Å². The predicted molar refractivity (Wildman–Crippen MR) is 66.4 cm³/mol. The lowest BCUT2D eigenvalue weighted by Crippen LogP contribution is -2.52. The number of likely N-dealkylation sites (tertiary alicyclic amines) is 1. The van der Waals surface area contributed by atoms with E-state index in [9.17, 15) is 4.79 Å². The molecule has 2 fully saturated rings. The average Bonchev–Trinajstić information content (AvgIpc) is 2.26. The Hall–Kier alpha value is -0.370. The molecule has 0 aromatic carbocycles. The first-order chi connectivity index (χ1) is 7.68. The van der Waals surface area contributed by atoms with E-state index in [1.165, 1.54) is 25.7 Å². The summed E-state index contributed by atoms with van der Waals surface area (Å²) in [5, 5.41) is 0. The summed E-state index contributed by atoms with van der Waals surface area (Å²) in [5.41, 5.74) is 0. The monoisotopic (exact) mass is 223 g/mol. The molecule has 2 nitrogen and oxygen atoms in total. The zero-order valence-corrected chi connectivity index (χ0v) is 10.7.